The second-order valence-corrected chi connectivity index (χ2v) is 5.19. The van der Waals surface area contributed by atoms with E-state index in [0.717, 1.165) is 0 Å². The van der Waals surface area contributed by atoms with Gasteiger partial charge in [-0.3, -0.25) is 9.59 Å². The summed E-state index contributed by atoms with van der Waals surface area (Å²) < 4.78 is 10.6. The standard InChI is InChI=1S/C16H25N3O4.ClH/c1-5-23-14-8-11(16(21)19(2)3)6-7-13(14)18-15(20)9-12(10-17)22-4;/h6-8,12H,5,9-10,17H2,1-4H3,(H,18,20);1H. The van der Waals surface area contributed by atoms with Crippen LogP contribution in [-0.2, 0) is 9.53 Å². The van der Waals surface area contributed by atoms with Gasteiger partial charge in [0.2, 0.25) is 5.91 Å². The lowest BCUT2D eigenvalue weighted by molar-refractivity contribution is -0.118. The lowest BCUT2D eigenvalue weighted by Gasteiger charge is -2.16. The largest absolute Gasteiger partial charge is 0.492 e. The van der Waals surface area contributed by atoms with Gasteiger partial charge in [-0.2, -0.15) is 0 Å². The molecule has 0 saturated carbocycles. The number of methoxy groups -OCH3 is 1. The van der Waals surface area contributed by atoms with E-state index in [1.165, 1.54) is 12.0 Å². The smallest absolute Gasteiger partial charge is 0.253 e. The van der Waals surface area contributed by atoms with Crippen molar-refractivity contribution in [2.45, 2.75) is 19.4 Å². The molecule has 0 radical (unpaired) electrons. The third kappa shape index (κ3) is 6.35. The van der Waals surface area contributed by atoms with E-state index in [2.05, 4.69) is 5.32 Å². The fourth-order valence-electron chi connectivity index (χ4n) is 1.96. The van der Waals surface area contributed by atoms with Crippen LogP contribution in [-0.4, -0.2) is 57.2 Å². The van der Waals surface area contributed by atoms with Crippen molar-refractivity contribution in [3.63, 3.8) is 0 Å². The maximum absolute atomic E-state index is 12.0. The van der Waals surface area contributed by atoms with Gasteiger partial charge in [0, 0.05) is 33.3 Å². The molecular formula is C16H26ClN3O4. The molecule has 0 fully saturated rings. The molecule has 8 heteroatoms. The van der Waals surface area contributed by atoms with E-state index in [1.807, 2.05) is 6.92 Å². The van der Waals surface area contributed by atoms with Gasteiger partial charge < -0.3 is 25.4 Å². The summed E-state index contributed by atoms with van der Waals surface area (Å²) in [7, 11) is 4.87. The minimum atomic E-state index is -0.333. The average Bonchev–Trinajstić information content (AvgIpc) is 2.53. The summed E-state index contributed by atoms with van der Waals surface area (Å²) in [4.78, 5) is 25.5. The van der Waals surface area contributed by atoms with Crippen molar-refractivity contribution in [3.8, 4) is 5.75 Å². The second kappa shape index (κ2) is 10.9. The van der Waals surface area contributed by atoms with Crippen molar-refractivity contribution >= 4 is 29.9 Å². The molecule has 1 aromatic rings. The summed E-state index contributed by atoms with van der Waals surface area (Å²) >= 11 is 0. The van der Waals surface area contributed by atoms with Crippen LogP contribution in [0.1, 0.15) is 23.7 Å². The lowest BCUT2D eigenvalue weighted by Crippen LogP contribution is -2.28. The van der Waals surface area contributed by atoms with Crippen LogP contribution < -0.4 is 15.8 Å². The zero-order chi connectivity index (χ0) is 17.4. The number of nitrogens with one attached hydrogen (secondary N) is 1. The number of anilines is 1. The Morgan fingerprint density at radius 2 is 2.00 bits per heavy atom. The summed E-state index contributed by atoms with van der Waals surface area (Å²) in [5, 5.41) is 2.77. The number of benzene rings is 1. The van der Waals surface area contributed by atoms with Crippen LogP contribution in [0.25, 0.3) is 0 Å². The Labute approximate surface area is 148 Å². The van der Waals surface area contributed by atoms with Gasteiger partial charge >= 0.3 is 0 Å². The van der Waals surface area contributed by atoms with Crippen LogP contribution in [0.4, 0.5) is 5.69 Å². The summed E-state index contributed by atoms with van der Waals surface area (Å²) in [6.45, 7) is 2.52. The molecule has 1 aromatic carbocycles. The maximum atomic E-state index is 12.0. The molecule has 1 rings (SSSR count). The Kier molecular flexibility index (Phi) is 10.0. The fourth-order valence-corrected chi connectivity index (χ4v) is 1.96. The Morgan fingerprint density at radius 3 is 2.50 bits per heavy atom. The molecule has 0 spiro atoms. The van der Waals surface area contributed by atoms with Gasteiger partial charge in [0.25, 0.3) is 5.91 Å². The molecule has 24 heavy (non-hydrogen) atoms. The summed E-state index contributed by atoms with van der Waals surface area (Å²) in [5.74, 6) is 0.0941. The number of carbonyl (C=O) groups excluding carboxylic acids is 2. The highest BCUT2D eigenvalue weighted by Crippen LogP contribution is 2.26. The number of amides is 2. The first-order valence-electron chi connectivity index (χ1n) is 7.44. The minimum Gasteiger partial charge on any atom is -0.492 e. The van der Waals surface area contributed by atoms with E-state index >= 15 is 0 Å². The molecule has 0 aliphatic carbocycles. The molecule has 2 amide bonds. The van der Waals surface area contributed by atoms with Crippen molar-refractivity contribution in [2.75, 3.05) is 39.7 Å². The number of nitrogens with two attached hydrogens (primary N) is 1. The average molecular weight is 360 g/mol. The zero-order valence-corrected chi connectivity index (χ0v) is 15.3. The van der Waals surface area contributed by atoms with Gasteiger partial charge in [0.05, 0.1) is 24.8 Å². The summed E-state index contributed by atoms with van der Waals surface area (Å²) in [5.41, 5.74) is 6.52. The number of rotatable bonds is 8. The van der Waals surface area contributed by atoms with Crippen LogP contribution in [0.15, 0.2) is 18.2 Å². The first-order chi connectivity index (χ1) is 10.9. The van der Waals surface area contributed by atoms with Crippen molar-refractivity contribution in [1.29, 1.82) is 0 Å². The highest BCUT2D eigenvalue weighted by atomic mass is 35.5. The molecule has 1 atom stereocenters. The van der Waals surface area contributed by atoms with Crippen LogP contribution >= 0.6 is 12.4 Å². The monoisotopic (exact) mass is 359 g/mol. The third-order valence-corrected chi connectivity index (χ3v) is 3.22. The quantitative estimate of drug-likeness (QED) is 0.733. The number of ether oxygens (including phenoxy) is 2. The predicted octanol–water partition coefficient (Wildman–Crippen LogP) is 1.51. The van der Waals surface area contributed by atoms with Gasteiger partial charge in [0.1, 0.15) is 5.75 Å². The number of hydrogen-bond acceptors (Lipinski definition) is 5. The fraction of sp³-hybridized carbons (Fsp3) is 0.500. The Balaban J connectivity index is 0.00000529. The summed E-state index contributed by atoms with van der Waals surface area (Å²) in [6.07, 6.45) is -0.183. The lowest BCUT2D eigenvalue weighted by atomic mass is 10.1. The van der Waals surface area contributed by atoms with Gasteiger partial charge in [-0.15, -0.1) is 12.4 Å². The van der Waals surface area contributed by atoms with Crippen LogP contribution in [0, 0.1) is 0 Å². The van der Waals surface area contributed by atoms with E-state index in [9.17, 15) is 9.59 Å². The zero-order valence-electron chi connectivity index (χ0n) is 14.5. The highest BCUT2D eigenvalue weighted by molar-refractivity contribution is 5.97. The number of hydrogen-bond donors (Lipinski definition) is 2. The van der Waals surface area contributed by atoms with E-state index in [1.54, 1.807) is 32.3 Å². The van der Waals surface area contributed by atoms with Crippen molar-refractivity contribution in [1.82, 2.24) is 4.90 Å². The van der Waals surface area contributed by atoms with Crippen molar-refractivity contribution in [3.05, 3.63) is 23.8 Å². The van der Waals surface area contributed by atoms with Crippen molar-refractivity contribution in [2.24, 2.45) is 5.73 Å². The molecule has 3 N–H and O–H groups in total. The van der Waals surface area contributed by atoms with Crippen LogP contribution in [0.3, 0.4) is 0 Å². The molecule has 0 saturated heterocycles. The molecule has 1 unspecified atom stereocenters. The van der Waals surface area contributed by atoms with Crippen LogP contribution in [0.2, 0.25) is 0 Å². The molecule has 7 nitrogen and oxygen atoms in total. The Bertz CT molecular complexity index is 548. The minimum absolute atomic E-state index is 0. The van der Waals surface area contributed by atoms with Gasteiger partial charge in [-0.1, -0.05) is 0 Å². The van der Waals surface area contributed by atoms with E-state index in [-0.39, 0.29) is 43.3 Å². The summed E-state index contributed by atoms with van der Waals surface area (Å²) in [6, 6.07) is 4.93. The van der Waals surface area contributed by atoms with Crippen LogP contribution in [0.5, 0.6) is 5.75 Å². The second-order valence-electron chi connectivity index (χ2n) is 5.19. The molecule has 0 aromatic heterocycles. The SMILES string of the molecule is CCOc1cc(C(=O)N(C)C)ccc1NC(=O)CC(CN)OC.Cl. The normalized spacial score (nSPS) is 11.2. The van der Waals surface area contributed by atoms with Gasteiger partial charge in [0.15, 0.2) is 0 Å². The first-order valence-corrected chi connectivity index (χ1v) is 7.44. The number of nitrogens with zero attached hydrogens (tertiary/aromatic N) is 1. The molecule has 136 valence electrons. The third-order valence-electron chi connectivity index (χ3n) is 3.22. The van der Waals surface area contributed by atoms with Gasteiger partial charge in [-0.05, 0) is 25.1 Å². The maximum Gasteiger partial charge on any atom is 0.253 e. The molecular weight excluding hydrogens is 334 g/mol. The van der Waals surface area contributed by atoms with E-state index in [4.69, 9.17) is 15.2 Å². The topological polar surface area (TPSA) is 93.9 Å². The predicted molar refractivity (Wildman–Crippen MR) is 96.0 cm³/mol. The van der Waals surface area contributed by atoms with E-state index in [0.29, 0.717) is 23.6 Å². The first kappa shape index (κ1) is 22.2. The molecule has 0 heterocycles. The number of halogens is 1. The van der Waals surface area contributed by atoms with Gasteiger partial charge in [-0.25, -0.2) is 0 Å². The van der Waals surface area contributed by atoms with Crippen molar-refractivity contribution < 1.29 is 19.1 Å². The molecule has 0 bridgehead atoms. The Morgan fingerprint density at radius 1 is 1.33 bits per heavy atom. The Hall–Kier alpha value is -1.83. The van der Waals surface area contributed by atoms with E-state index < -0.39 is 0 Å². The molecule has 0 aliphatic rings. The molecule has 0 aliphatic heterocycles. The number of carbonyl (C=O) groups is 2. The highest BCUT2D eigenvalue weighted by Gasteiger charge is 2.16.